The van der Waals surface area contributed by atoms with Gasteiger partial charge in [-0.1, -0.05) is 11.3 Å². The molecule has 1 aromatic carbocycles. The van der Waals surface area contributed by atoms with Gasteiger partial charge in [0.15, 0.2) is 0 Å². The van der Waals surface area contributed by atoms with Crippen LogP contribution in [0.3, 0.4) is 0 Å². The van der Waals surface area contributed by atoms with Crippen LogP contribution >= 0.6 is 22.9 Å². The Bertz CT molecular complexity index is 1010. The van der Waals surface area contributed by atoms with Crippen molar-refractivity contribution in [3.05, 3.63) is 23.8 Å². The van der Waals surface area contributed by atoms with E-state index in [1.807, 2.05) is 6.07 Å². The van der Waals surface area contributed by atoms with Gasteiger partial charge in [-0.3, -0.25) is 20.5 Å². The molecule has 34 heavy (non-hydrogen) atoms. The molecule has 3 fully saturated rings. The molecule has 5 rings (SSSR count). The summed E-state index contributed by atoms with van der Waals surface area (Å²) in [5, 5.41) is 17.0. The zero-order valence-electron chi connectivity index (χ0n) is 19.7. The molecule has 0 radical (unpaired) electrons. The van der Waals surface area contributed by atoms with E-state index in [2.05, 4.69) is 60.7 Å². The van der Waals surface area contributed by atoms with E-state index in [9.17, 15) is 4.79 Å². The van der Waals surface area contributed by atoms with E-state index in [-0.39, 0.29) is 17.3 Å². The summed E-state index contributed by atoms with van der Waals surface area (Å²) in [6, 6.07) is 6.82. The summed E-state index contributed by atoms with van der Waals surface area (Å²) in [4.78, 5) is 16.6. The SMILES string of the molecule is CC(=O)Nc1cc(CN2CCN(C)CC2)cc(-c2nnc(NC3CCC4NNCC4C3Cl)s2)c1. The van der Waals surface area contributed by atoms with E-state index in [0.717, 1.165) is 79.1 Å². The molecule has 0 spiro atoms. The van der Waals surface area contributed by atoms with Crippen LogP contribution < -0.4 is 21.5 Å². The first-order valence-corrected chi connectivity index (χ1v) is 13.3. The van der Waals surface area contributed by atoms with E-state index in [4.69, 9.17) is 11.6 Å². The molecule has 4 atom stereocenters. The molecule has 1 saturated carbocycles. The number of anilines is 2. The van der Waals surface area contributed by atoms with Gasteiger partial charge in [-0.25, -0.2) is 0 Å². The minimum absolute atomic E-state index is 0.0342. The standard InChI is InChI=1S/C23H33ClN8OS/c1-14(33)26-17-10-15(13-32-7-5-31(2)6-8-32)9-16(11-17)22-29-30-23(34-22)27-20-4-3-19-18(21(20)24)12-25-28-19/h9-11,18-21,25,28H,3-8,12-13H2,1-2H3,(H,26,33)(H,27,30). The van der Waals surface area contributed by atoms with Gasteiger partial charge in [0, 0.05) is 75.4 Å². The first-order chi connectivity index (χ1) is 16.4. The van der Waals surface area contributed by atoms with Gasteiger partial charge in [0.2, 0.25) is 11.0 Å². The van der Waals surface area contributed by atoms with Crippen molar-refractivity contribution < 1.29 is 4.79 Å². The smallest absolute Gasteiger partial charge is 0.221 e. The Labute approximate surface area is 209 Å². The molecule has 1 aromatic heterocycles. The first-order valence-electron chi connectivity index (χ1n) is 12.0. The third kappa shape index (κ3) is 5.53. The van der Waals surface area contributed by atoms with Crippen LogP contribution in [0.25, 0.3) is 10.6 Å². The molecule has 11 heteroatoms. The summed E-state index contributed by atoms with van der Waals surface area (Å²) in [5.41, 5.74) is 9.49. The Hall–Kier alpha value is -1.82. The normalized spacial score (nSPS) is 28.0. The number of hydrogen-bond acceptors (Lipinski definition) is 9. The molecule has 184 valence electrons. The maximum Gasteiger partial charge on any atom is 0.221 e. The minimum atomic E-state index is -0.0815. The highest BCUT2D eigenvalue weighted by atomic mass is 35.5. The van der Waals surface area contributed by atoms with Crippen molar-refractivity contribution in [1.29, 1.82) is 0 Å². The van der Waals surface area contributed by atoms with Crippen molar-refractivity contribution in [2.45, 2.75) is 43.8 Å². The average molecular weight is 505 g/mol. The molecule has 3 aliphatic rings. The number of aromatic nitrogens is 2. The van der Waals surface area contributed by atoms with E-state index >= 15 is 0 Å². The largest absolute Gasteiger partial charge is 0.356 e. The number of nitrogens with one attached hydrogen (secondary N) is 4. The fraction of sp³-hybridized carbons (Fsp3) is 0.609. The lowest BCUT2D eigenvalue weighted by Gasteiger charge is -2.35. The monoisotopic (exact) mass is 504 g/mol. The van der Waals surface area contributed by atoms with Crippen molar-refractivity contribution in [3.63, 3.8) is 0 Å². The Morgan fingerprint density at radius 1 is 1.21 bits per heavy atom. The average Bonchev–Trinajstić information content (AvgIpc) is 3.47. The number of piperazine rings is 1. The van der Waals surface area contributed by atoms with Crippen LogP contribution in [-0.4, -0.2) is 83.1 Å². The summed E-state index contributed by atoms with van der Waals surface area (Å²) >= 11 is 8.35. The number of carbonyl (C=O) groups is 1. The zero-order valence-corrected chi connectivity index (χ0v) is 21.3. The third-order valence-corrected chi connectivity index (χ3v) is 8.55. The molecule has 4 unspecified atom stereocenters. The summed E-state index contributed by atoms with van der Waals surface area (Å²) in [7, 11) is 2.16. The van der Waals surface area contributed by atoms with Gasteiger partial charge >= 0.3 is 0 Å². The predicted molar refractivity (Wildman–Crippen MR) is 137 cm³/mol. The molecule has 0 bridgehead atoms. The van der Waals surface area contributed by atoms with E-state index in [1.165, 1.54) is 18.3 Å². The lowest BCUT2D eigenvalue weighted by molar-refractivity contribution is -0.114. The van der Waals surface area contributed by atoms with Crippen LogP contribution in [-0.2, 0) is 11.3 Å². The Kier molecular flexibility index (Phi) is 7.33. The molecule has 9 nitrogen and oxygen atoms in total. The number of carbonyl (C=O) groups excluding carboxylic acids is 1. The maximum atomic E-state index is 11.7. The molecule has 1 aliphatic carbocycles. The molecule has 2 saturated heterocycles. The summed E-state index contributed by atoms with van der Waals surface area (Å²) < 4.78 is 0. The first kappa shape index (κ1) is 23.9. The molecular formula is C23H33ClN8OS. The second kappa shape index (κ2) is 10.4. The highest BCUT2D eigenvalue weighted by Gasteiger charge is 2.41. The van der Waals surface area contributed by atoms with Crippen LogP contribution in [0.15, 0.2) is 18.2 Å². The van der Waals surface area contributed by atoms with Crippen LogP contribution in [0.4, 0.5) is 10.8 Å². The number of nitrogens with zero attached hydrogens (tertiary/aromatic N) is 4. The minimum Gasteiger partial charge on any atom is -0.356 e. The second-order valence-electron chi connectivity index (χ2n) is 9.66. The molecule has 1 amide bonds. The van der Waals surface area contributed by atoms with Gasteiger partial charge in [-0.05, 0) is 43.7 Å². The van der Waals surface area contributed by atoms with Crippen LogP contribution in [0.5, 0.6) is 0 Å². The van der Waals surface area contributed by atoms with Gasteiger partial charge in [0.05, 0.1) is 5.38 Å². The van der Waals surface area contributed by atoms with Crippen molar-refractivity contribution in [2.75, 3.05) is 50.4 Å². The van der Waals surface area contributed by atoms with Gasteiger partial charge in [-0.15, -0.1) is 21.8 Å². The molecule has 2 aliphatic heterocycles. The van der Waals surface area contributed by atoms with Crippen LogP contribution in [0.1, 0.15) is 25.3 Å². The molecule has 2 aromatic rings. The highest BCUT2D eigenvalue weighted by Crippen LogP contribution is 2.35. The Morgan fingerprint density at radius 2 is 2.03 bits per heavy atom. The quantitative estimate of drug-likeness (QED) is 0.444. The zero-order chi connectivity index (χ0) is 23.7. The fourth-order valence-electron chi connectivity index (χ4n) is 5.15. The van der Waals surface area contributed by atoms with E-state index in [0.29, 0.717) is 12.0 Å². The topological polar surface area (TPSA) is 97.5 Å². The van der Waals surface area contributed by atoms with Crippen LogP contribution in [0, 0.1) is 5.92 Å². The van der Waals surface area contributed by atoms with Crippen molar-refractivity contribution in [2.24, 2.45) is 5.92 Å². The number of rotatable bonds is 6. The predicted octanol–water partition coefficient (Wildman–Crippen LogP) is 2.19. The van der Waals surface area contributed by atoms with Crippen molar-refractivity contribution in [1.82, 2.24) is 30.8 Å². The number of amides is 1. The van der Waals surface area contributed by atoms with Crippen molar-refractivity contribution >= 4 is 39.7 Å². The fourth-order valence-corrected chi connectivity index (χ4v) is 6.40. The molecule has 3 heterocycles. The number of hydrogen-bond donors (Lipinski definition) is 4. The number of alkyl halides is 1. The van der Waals surface area contributed by atoms with Gasteiger partial charge in [0.1, 0.15) is 5.01 Å². The molecular weight excluding hydrogens is 472 g/mol. The van der Waals surface area contributed by atoms with Gasteiger partial charge in [-0.2, -0.15) is 0 Å². The summed E-state index contributed by atoms with van der Waals surface area (Å²) in [6.45, 7) is 7.49. The number of halogens is 1. The Balaban J connectivity index is 1.32. The van der Waals surface area contributed by atoms with E-state index in [1.54, 1.807) is 0 Å². The molecule has 4 N–H and O–H groups in total. The number of benzene rings is 1. The lowest BCUT2D eigenvalue weighted by Crippen LogP contribution is -2.47. The van der Waals surface area contributed by atoms with Crippen LogP contribution in [0.2, 0.25) is 0 Å². The maximum absolute atomic E-state index is 11.7. The number of likely N-dealkylation sites (N-methyl/N-ethyl adjacent to an activating group) is 1. The van der Waals surface area contributed by atoms with E-state index < -0.39 is 0 Å². The summed E-state index contributed by atoms with van der Waals surface area (Å²) in [5.74, 6) is 0.328. The summed E-state index contributed by atoms with van der Waals surface area (Å²) in [6.07, 6.45) is 2.07. The van der Waals surface area contributed by atoms with Crippen molar-refractivity contribution in [3.8, 4) is 10.6 Å². The number of fused-ring (bicyclic) bond motifs is 1. The Morgan fingerprint density at radius 3 is 2.82 bits per heavy atom. The highest BCUT2D eigenvalue weighted by molar-refractivity contribution is 7.18. The van der Waals surface area contributed by atoms with Gasteiger partial charge in [0.25, 0.3) is 0 Å². The van der Waals surface area contributed by atoms with Gasteiger partial charge < -0.3 is 15.5 Å². The third-order valence-electron chi connectivity index (χ3n) is 7.02. The second-order valence-corrected chi connectivity index (χ2v) is 11.1. The number of hydrazine groups is 1. The lowest BCUT2D eigenvalue weighted by atomic mass is 9.82.